The van der Waals surface area contributed by atoms with E-state index in [9.17, 15) is 13.5 Å². The molecule has 0 atom stereocenters. The van der Waals surface area contributed by atoms with Crippen molar-refractivity contribution < 1.29 is 23.2 Å². The predicted molar refractivity (Wildman–Crippen MR) is 68.8 cm³/mol. The van der Waals surface area contributed by atoms with E-state index in [1.807, 2.05) is 0 Å². The molecule has 2 aromatic rings. The molecule has 100 valence electrons. The maximum Gasteiger partial charge on any atom is 0.298 e. The molecule has 0 aliphatic heterocycles. The molecule has 0 saturated heterocycles. The van der Waals surface area contributed by atoms with Crippen LogP contribution in [-0.4, -0.2) is 23.2 Å². The van der Waals surface area contributed by atoms with Gasteiger partial charge in [0, 0.05) is 0 Å². The molecule has 5 nitrogen and oxygen atoms in total. The highest BCUT2D eigenvalue weighted by atomic mass is 32.2. The van der Waals surface area contributed by atoms with Crippen LogP contribution in [0.15, 0.2) is 47.4 Å². The molecule has 6 heteroatoms. The highest BCUT2D eigenvalue weighted by molar-refractivity contribution is 7.86. The standard InChI is InChI=1S/C13H12O5S/c14-11-4-1-9(2-5-11)7-10-3-6-12(15)13(8-10)19(16,17)18/h1-6,8,14-15H,7H2,(H,16,17,18). The van der Waals surface area contributed by atoms with Crippen LogP contribution in [0.3, 0.4) is 0 Å². The number of hydrogen-bond acceptors (Lipinski definition) is 4. The van der Waals surface area contributed by atoms with Gasteiger partial charge in [0.2, 0.25) is 0 Å². The van der Waals surface area contributed by atoms with Crippen molar-refractivity contribution in [3.63, 3.8) is 0 Å². The van der Waals surface area contributed by atoms with Gasteiger partial charge in [-0.1, -0.05) is 18.2 Å². The number of hydrogen-bond donors (Lipinski definition) is 3. The Morgan fingerprint density at radius 2 is 1.47 bits per heavy atom. The van der Waals surface area contributed by atoms with Gasteiger partial charge in [-0.3, -0.25) is 4.55 Å². The molecule has 0 fully saturated rings. The lowest BCUT2D eigenvalue weighted by Crippen LogP contribution is -2.00. The number of phenols is 2. The first-order valence-electron chi connectivity index (χ1n) is 5.43. The predicted octanol–water partition coefficient (Wildman–Crippen LogP) is 1.94. The number of phenolic OH excluding ortho intramolecular Hbond substituents is 2. The molecule has 0 aliphatic rings. The number of benzene rings is 2. The summed E-state index contributed by atoms with van der Waals surface area (Å²) in [7, 11) is -4.44. The van der Waals surface area contributed by atoms with E-state index in [0.29, 0.717) is 12.0 Å². The van der Waals surface area contributed by atoms with Gasteiger partial charge in [0.15, 0.2) is 0 Å². The molecule has 19 heavy (non-hydrogen) atoms. The Kier molecular flexibility index (Phi) is 3.46. The smallest absolute Gasteiger partial charge is 0.298 e. The topological polar surface area (TPSA) is 94.8 Å². The molecule has 0 heterocycles. The summed E-state index contributed by atoms with van der Waals surface area (Å²) in [5.41, 5.74) is 1.49. The fourth-order valence-electron chi connectivity index (χ4n) is 1.72. The third kappa shape index (κ3) is 3.24. The van der Waals surface area contributed by atoms with Crippen molar-refractivity contribution >= 4 is 10.1 Å². The first kappa shape index (κ1) is 13.4. The zero-order valence-corrected chi connectivity index (χ0v) is 10.6. The molecule has 0 aromatic heterocycles. The molecule has 3 N–H and O–H groups in total. The lowest BCUT2D eigenvalue weighted by Gasteiger charge is -2.06. The fraction of sp³-hybridized carbons (Fsp3) is 0.0769. The molecule has 0 amide bonds. The summed E-state index contributed by atoms with van der Waals surface area (Å²) in [4.78, 5) is -0.510. The maximum absolute atomic E-state index is 11.1. The van der Waals surface area contributed by atoms with Gasteiger partial charge in [0.25, 0.3) is 10.1 Å². The average Bonchev–Trinajstić information content (AvgIpc) is 2.33. The molecular formula is C13H12O5S. The molecule has 2 rings (SSSR count). The van der Waals surface area contributed by atoms with E-state index in [0.717, 1.165) is 5.56 Å². The molecule has 0 radical (unpaired) electrons. The minimum Gasteiger partial charge on any atom is -0.508 e. The first-order valence-corrected chi connectivity index (χ1v) is 6.87. The average molecular weight is 280 g/mol. The van der Waals surface area contributed by atoms with Crippen molar-refractivity contribution in [3.05, 3.63) is 53.6 Å². The fourth-order valence-corrected chi connectivity index (χ4v) is 2.36. The Labute approximate surface area is 110 Å². The van der Waals surface area contributed by atoms with Gasteiger partial charge in [0.05, 0.1) is 0 Å². The van der Waals surface area contributed by atoms with E-state index in [4.69, 9.17) is 9.66 Å². The SMILES string of the molecule is O=S(=O)(O)c1cc(Cc2ccc(O)cc2)ccc1O. The molecule has 0 saturated carbocycles. The number of rotatable bonds is 3. The Morgan fingerprint density at radius 3 is 2.05 bits per heavy atom. The molecule has 0 unspecified atom stereocenters. The minimum absolute atomic E-state index is 0.146. The van der Waals surface area contributed by atoms with Gasteiger partial charge in [0.1, 0.15) is 16.4 Å². The van der Waals surface area contributed by atoms with E-state index >= 15 is 0 Å². The van der Waals surface area contributed by atoms with E-state index in [1.54, 1.807) is 18.2 Å². The Balaban J connectivity index is 2.34. The van der Waals surface area contributed by atoms with Crippen LogP contribution < -0.4 is 0 Å². The number of aromatic hydroxyl groups is 2. The van der Waals surface area contributed by atoms with Gasteiger partial charge < -0.3 is 10.2 Å². The van der Waals surface area contributed by atoms with Crippen molar-refractivity contribution in [2.75, 3.05) is 0 Å². The highest BCUT2D eigenvalue weighted by Crippen LogP contribution is 2.24. The van der Waals surface area contributed by atoms with E-state index in [2.05, 4.69) is 0 Å². The van der Waals surface area contributed by atoms with Crippen LogP contribution in [-0.2, 0) is 16.5 Å². The van der Waals surface area contributed by atoms with Crippen LogP contribution in [0.4, 0.5) is 0 Å². The van der Waals surface area contributed by atoms with Gasteiger partial charge in [-0.05, 0) is 41.8 Å². The summed E-state index contributed by atoms with van der Waals surface area (Å²) in [6.07, 6.45) is 0.420. The van der Waals surface area contributed by atoms with Crippen LogP contribution in [0, 0.1) is 0 Å². The van der Waals surface area contributed by atoms with Crippen molar-refractivity contribution in [3.8, 4) is 11.5 Å². The van der Waals surface area contributed by atoms with Crippen LogP contribution in [0.25, 0.3) is 0 Å². The first-order chi connectivity index (χ1) is 8.86. The van der Waals surface area contributed by atoms with Gasteiger partial charge in [-0.2, -0.15) is 8.42 Å². The summed E-state index contributed by atoms with van der Waals surface area (Å²) < 4.78 is 31.1. The summed E-state index contributed by atoms with van der Waals surface area (Å²) in [6, 6.07) is 10.5. The van der Waals surface area contributed by atoms with Gasteiger partial charge in [-0.15, -0.1) is 0 Å². The second-order valence-electron chi connectivity index (χ2n) is 4.12. The summed E-state index contributed by atoms with van der Waals surface area (Å²) in [5, 5.41) is 18.6. The zero-order valence-electron chi connectivity index (χ0n) is 9.81. The maximum atomic E-state index is 11.1. The lowest BCUT2D eigenvalue weighted by atomic mass is 10.0. The highest BCUT2D eigenvalue weighted by Gasteiger charge is 2.15. The summed E-state index contributed by atoms with van der Waals surface area (Å²) in [6.45, 7) is 0. The Morgan fingerprint density at radius 1 is 0.895 bits per heavy atom. The van der Waals surface area contributed by atoms with Crippen LogP contribution in [0.2, 0.25) is 0 Å². The third-order valence-corrected chi connectivity index (χ3v) is 3.53. The molecule has 0 spiro atoms. The molecular weight excluding hydrogens is 268 g/mol. The van der Waals surface area contributed by atoms with E-state index in [1.165, 1.54) is 24.3 Å². The van der Waals surface area contributed by atoms with Crippen molar-refractivity contribution in [1.82, 2.24) is 0 Å². The second kappa shape index (κ2) is 4.91. The van der Waals surface area contributed by atoms with Crippen LogP contribution in [0.5, 0.6) is 11.5 Å². The normalized spacial score (nSPS) is 11.4. The quantitative estimate of drug-likeness (QED) is 0.747. The monoisotopic (exact) mass is 280 g/mol. The molecule has 0 aliphatic carbocycles. The molecule has 2 aromatic carbocycles. The van der Waals surface area contributed by atoms with Crippen LogP contribution in [0.1, 0.15) is 11.1 Å². The van der Waals surface area contributed by atoms with Crippen molar-refractivity contribution in [1.29, 1.82) is 0 Å². The zero-order chi connectivity index (χ0) is 14.0. The van der Waals surface area contributed by atoms with Crippen molar-refractivity contribution in [2.24, 2.45) is 0 Å². The minimum atomic E-state index is -4.44. The Hall–Kier alpha value is -2.05. The lowest BCUT2D eigenvalue weighted by molar-refractivity contribution is 0.443. The summed E-state index contributed by atoms with van der Waals surface area (Å²) in [5.74, 6) is -0.343. The Bertz CT molecular complexity index is 689. The van der Waals surface area contributed by atoms with Gasteiger partial charge in [-0.25, -0.2) is 0 Å². The third-order valence-electron chi connectivity index (χ3n) is 2.65. The van der Waals surface area contributed by atoms with Crippen molar-refractivity contribution in [2.45, 2.75) is 11.3 Å². The summed E-state index contributed by atoms with van der Waals surface area (Å²) >= 11 is 0. The second-order valence-corrected chi connectivity index (χ2v) is 5.51. The van der Waals surface area contributed by atoms with E-state index in [-0.39, 0.29) is 5.75 Å². The molecule has 0 bridgehead atoms. The van der Waals surface area contributed by atoms with E-state index < -0.39 is 20.8 Å². The van der Waals surface area contributed by atoms with Gasteiger partial charge >= 0.3 is 0 Å². The van der Waals surface area contributed by atoms with Crippen LogP contribution >= 0.6 is 0 Å². The largest absolute Gasteiger partial charge is 0.508 e.